The summed E-state index contributed by atoms with van der Waals surface area (Å²) < 4.78 is 1.96. The molecule has 1 atom stereocenters. The lowest BCUT2D eigenvalue weighted by Crippen LogP contribution is -2.40. The summed E-state index contributed by atoms with van der Waals surface area (Å²) in [6, 6.07) is 12.1. The van der Waals surface area contributed by atoms with Gasteiger partial charge in [0.15, 0.2) is 0 Å². The number of rotatable bonds is 2. The number of fused-ring (bicyclic) bond motifs is 3. The van der Waals surface area contributed by atoms with Crippen molar-refractivity contribution in [1.82, 2.24) is 9.47 Å². The molecule has 1 aromatic heterocycles. The first-order chi connectivity index (χ1) is 14.0. The fourth-order valence-electron chi connectivity index (χ4n) is 4.17. The molecule has 146 valence electrons. The van der Waals surface area contributed by atoms with E-state index < -0.39 is 6.04 Å². The van der Waals surface area contributed by atoms with Gasteiger partial charge in [-0.2, -0.15) is 0 Å². The summed E-state index contributed by atoms with van der Waals surface area (Å²) in [5.74, 6) is -0.582. The Bertz CT molecular complexity index is 1180. The van der Waals surface area contributed by atoms with Gasteiger partial charge in [-0.3, -0.25) is 14.4 Å². The van der Waals surface area contributed by atoms with Crippen LogP contribution >= 0.6 is 0 Å². The highest BCUT2D eigenvalue weighted by Crippen LogP contribution is 2.30. The highest BCUT2D eigenvalue weighted by molar-refractivity contribution is 6.12. The van der Waals surface area contributed by atoms with Crippen molar-refractivity contribution in [2.24, 2.45) is 7.05 Å². The van der Waals surface area contributed by atoms with E-state index in [-0.39, 0.29) is 17.7 Å². The van der Waals surface area contributed by atoms with E-state index >= 15 is 0 Å². The second-order valence-electron chi connectivity index (χ2n) is 7.56. The number of carbonyl (C=O) groups excluding carboxylic acids is 3. The molecule has 1 fully saturated rings. The van der Waals surface area contributed by atoms with Crippen LogP contribution in [0.1, 0.15) is 33.6 Å². The van der Waals surface area contributed by atoms with Gasteiger partial charge in [0.25, 0.3) is 11.8 Å². The molecule has 2 N–H and O–H groups in total. The second kappa shape index (κ2) is 6.48. The van der Waals surface area contributed by atoms with Crippen LogP contribution in [0.25, 0.3) is 10.9 Å². The zero-order chi connectivity index (χ0) is 20.1. The minimum absolute atomic E-state index is 0.151. The molecule has 0 aliphatic carbocycles. The SMILES string of the molecule is Cn1ccc2ccc(C(=O)Nc3ccc4c(c3)C(=O)N3CCCC3C(=O)N4)cc21. The molecule has 5 rings (SSSR count). The molecule has 0 bridgehead atoms. The number of nitrogens with one attached hydrogen (secondary N) is 2. The highest BCUT2D eigenvalue weighted by Gasteiger charge is 2.38. The number of anilines is 2. The van der Waals surface area contributed by atoms with Crippen molar-refractivity contribution in [3.05, 3.63) is 59.8 Å². The zero-order valence-electron chi connectivity index (χ0n) is 15.9. The van der Waals surface area contributed by atoms with E-state index in [9.17, 15) is 14.4 Å². The molecule has 2 aliphatic heterocycles. The highest BCUT2D eigenvalue weighted by atomic mass is 16.2. The first-order valence-corrected chi connectivity index (χ1v) is 9.63. The lowest BCUT2D eigenvalue weighted by molar-refractivity contribution is -0.119. The standard InChI is InChI=1S/C22H20N4O3/c1-25-10-8-13-4-5-14(11-19(13)25)20(27)23-15-6-7-17-16(12-15)22(29)26-9-2-3-18(26)21(28)24-17/h4-8,10-12,18H,2-3,9H2,1H3,(H,23,27)(H,24,28). The number of hydrogen-bond donors (Lipinski definition) is 2. The van der Waals surface area contributed by atoms with E-state index in [0.717, 1.165) is 17.3 Å². The Labute approximate surface area is 167 Å². The van der Waals surface area contributed by atoms with Crippen LogP contribution in [-0.2, 0) is 11.8 Å². The van der Waals surface area contributed by atoms with E-state index in [1.807, 2.05) is 36.0 Å². The van der Waals surface area contributed by atoms with E-state index in [2.05, 4.69) is 10.6 Å². The minimum atomic E-state index is -0.412. The van der Waals surface area contributed by atoms with E-state index in [1.165, 1.54) is 0 Å². The van der Waals surface area contributed by atoms with Crippen molar-refractivity contribution >= 4 is 40.0 Å². The number of amides is 3. The average molecular weight is 388 g/mol. The van der Waals surface area contributed by atoms with Crippen LogP contribution < -0.4 is 10.6 Å². The molecule has 3 aromatic rings. The summed E-state index contributed by atoms with van der Waals surface area (Å²) in [5.41, 5.74) is 2.91. The van der Waals surface area contributed by atoms with E-state index in [4.69, 9.17) is 0 Å². The maximum Gasteiger partial charge on any atom is 0.256 e. The van der Waals surface area contributed by atoms with Gasteiger partial charge in [0, 0.05) is 36.6 Å². The van der Waals surface area contributed by atoms with Crippen LogP contribution in [0.4, 0.5) is 11.4 Å². The lowest BCUT2D eigenvalue weighted by atomic mass is 10.1. The van der Waals surface area contributed by atoms with Crippen LogP contribution in [0.2, 0.25) is 0 Å². The fourth-order valence-corrected chi connectivity index (χ4v) is 4.17. The topological polar surface area (TPSA) is 83.4 Å². The van der Waals surface area contributed by atoms with Gasteiger partial charge >= 0.3 is 0 Å². The maximum absolute atomic E-state index is 12.9. The number of benzene rings is 2. The van der Waals surface area contributed by atoms with Crippen LogP contribution in [0.5, 0.6) is 0 Å². The molecule has 2 aliphatic rings. The minimum Gasteiger partial charge on any atom is -0.351 e. The normalized spacial score (nSPS) is 18.2. The molecule has 2 aromatic carbocycles. The maximum atomic E-state index is 12.9. The van der Waals surface area contributed by atoms with Crippen LogP contribution in [-0.4, -0.2) is 39.8 Å². The molecule has 1 saturated heterocycles. The number of aromatic nitrogens is 1. The van der Waals surface area contributed by atoms with Crippen molar-refractivity contribution in [2.45, 2.75) is 18.9 Å². The summed E-state index contributed by atoms with van der Waals surface area (Å²) in [5, 5.41) is 6.77. The third-order valence-corrected chi connectivity index (χ3v) is 5.73. The Kier molecular flexibility index (Phi) is 3.91. The summed E-state index contributed by atoms with van der Waals surface area (Å²) in [6.45, 7) is 0.573. The van der Waals surface area contributed by atoms with Crippen LogP contribution in [0, 0.1) is 0 Å². The molecule has 7 heteroatoms. The molecule has 0 radical (unpaired) electrons. The Morgan fingerprint density at radius 1 is 1.14 bits per heavy atom. The molecular weight excluding hydrogens is 368 g/mol. The van der Waals surface area contributed by atoms with Gasteiger partial charge in [0.2, 0.25) is 5.91 Å². The quantitative estimate of drug-likeness (QED) is 0.708. The first kappa shape index (κ1) is 17.5. The summed E-state index contributed by atoms with van der Waals surface area (Å²) in [7, 11) is 1.93. The second-order valence-corrected chi connectivity index (χ2v) is 7.56. The lowest BCUT2D eigenvalue weighted by Gasteiger charge is -2.20. The Balaban J connectivity index is 1.44. The monoisotopic (exact) mass is 388 g/mol. The summed E-state index contributed by atoms with van der Waals surface area (Å²) >= 11 is 0. The fraction of sp³-hybridized carbons (Fsp3) is 0.227. The largest absolute Gasteiger partial charge is 0.351 e. The van der Waals surface area contributed by atoms with Gasteiger partial charge in [-0.05, 0) is 54.6 Å². The van der Waals surface area contributed by atoms with E-state index in [0.29, 0.717) is 35.5 Å². The number of hydrogen-bond acceptors (Lipinski definition) is 3. The summed E-state index contributed by atoms with van der Waals surface area (Å²) in [4.78, 5) is 39.7. The Hall–Kier alpha value is -3.61. The number of aryl methyl sites for hydroxylation is 1. The van der Waals surface area contributed by atoms with Crippen molar-refractivity contribution in [1.29, 1.82) is 0 Å². The van der Waals surface area contributed by atoms with Crippen molar-refractivity contribution < 1.29 is 14.4 Å². The number of nitrogens with zero attached hydrogens (tertiary/aromatic N) is 2. The molecule has 7 nitrogen and oxygen atoms in total. The predicted octanol–water partition coefficient (Wildman–Crippen LogP) is 2.99. The molecule has 1 unspecified atom stereocenters. The number of carbonyl (C=O) groups is 3. The molecule has 3 amide bonds. The first-order valence-electron chi connectivity index (χ1n) is 9.63. The van der Waals surface area contributed by atoms with Gasteiger partial charge in [-0.1, -0.05) is 6.07 Å². The zero-order valence-corrected chi connectivity index (χ0v) is 15.9. The average Bonchev–Trinajstić information content (AvgIpc) is 3.33. The molecule has 0 spiro atoms. The third-order valence-electron chi connectivity index (χ3n) is 5.73. The van der Waals surface area contributed by atoms with Crippen LogP contribution in [0.3, 0.4) is 0 Å². The summed E-state index contributed by atoms with van der Waals surface area (Å²) in [6.07, 6.45) is 3.44. The van der Waals surface area contributed by atoms with Gasteiger partial charge in [0.05, 0.1) is 11.3 Å². The molecule has 29 heavy (non-hydrogen) atoms. The third kappa shape index (κ3) is 2.86. The molecule has 3 heterocycles. The molecular formula is C22H20N4O3. The van der Waals surface area contributed by atoms with Gasteiger partial charge in [-0.25, -0.2) is 0 Å². The Morgan fingerprint density at radius 2 is 2.00 bits per heavy atom. The van der Waals surface area contributed by atoms with Gasteiger partial charge < -0.3 is 20.1 Å². The van der Waals surface area contributed by atoms with Gasteiger partial charge in [-0.15, -0.1) is 0 Å². The Morgan fingerprint density at radius 3 is 2.86 bits per heavy atom. The van der Waals surface area contributed by atoms with Crippen LogP contribution in [0.15, 0.2) is 48.7 Å². The van der Waals surface area contributed by atoms with Crippen molar-refractivity contribution in [3.8, 4) is 0 Å². The van der Waals surface area contributed by atoms with Gasteiger partial charge in [0.1, 0.15) is 6.04 Å². The van der Waals surface area contributed by atoms with E-state index in [1.54, 1.807) is 29.2 Å². The smallest absolute Gasteiger partial charge is 0.256 e. The van der Waals surface area contributed by atoms with Crippen molar-refractivity contribution in [3.63, 3.8) is 0 Å². The predicted molar refractivity (Wildman–Crippen MR) is 110 cm³/mol. The molecule has 0 saturated carbocycles. The van der Waals surface area contributed by atoms with Crippen molar-refractivity contribution in [2.75, 3.05) is 17.2 Å².